The van der Waals surface area contributed by atoms with Crippen molar-refractivity contribution in [1.82, 2.24) is 4.90 Å². The summed E-state index contributed by atoms with van der Waals surface area (Å²) >= 11 is 0. The lowest BCUT2D eigenvalue weighted by molar-refractivity contribution is -0.334. The van der Waals surface area contributed by atoms with Crippen LogP contribution in [0.5, 0.6) is 0 Å². The molecule has 0 aromatic carbocycles. The van der Waals surface area contributed by atoms with Crippen molar-refractivity contribution in [1.29, 1.82) is 0 Å². The van der Waals surface area contributed by atoms with Crippen molar-refractivity contribution >= 4 is 18.3 Å². The number of hydrogen-bond acceptors (Lipinski definition) is 2. The first kappa shape index (κ1) is 20.3. The second-order valence-electron chi connectivity index (χ2n) is 4.98. The molecule has 1 heterocycles. The van der Waals surface area contributed by atoms with Crippen LogP contribution in [-0.4, -0.2) is 42.3 Å². The summed E-state index contributed by atoms with van der Waals surface area (Å²) in [5.41, 5.74) is 1.61. The zero-order valence-electron chi connectivity index (χ0n) is 11.2. The normalized spacial score (nSPS) is 20.1. The van der Waals surface area contributed by atoms with E-state index < -0.39 is 49.2 Å². The predicted molar refractivity (Wildman–Crippen MR) is 65.9 cm³/mol. The molecule has 1 rings (SSSR count). The second-order valence-corrected chi connectivity index (χ2v) is 4.98. The van der Waals surface area contributed by atoms with Crippen molar-refractivity contribution in [2.45, 2.75) is 44.6 Å². The van der Waals surface area contributed by atoms with Crippen LogP contribution in [0.2, 0.25) is 0 Å². The predicted octanol–water partition coefficient (Wildman–Crippen LogP) is 2.88. The van der Waals surface area contributed by atoms with Gasteiger partial charge in [-0.2, -0.15) is 26.3 Å². The lowest BCUT2D eigenvalue weighted by Gasteiger charge is -2.33. The first-order chi connectivity index (χ1) is 8.96. The van der Waals surface area contributed by atoms with Gasteiger partial charge in [0, 0.05) is 13.1 Å². The van der Waals surface area contributed by atoms with Gasteiger partial charge in [-0.3, -0.25) is 4.79 Å². The summed E-state index contributed by atoms with van der Waals surface area (Å²) in [7, 11) is 0. The van der Waals surface area contributed by atoms with E-state index in [0.29, 0.717) is 11.3 Å². The van der Waals surface area contributed by atoms with Crippen LogP contribution < -0.4 is 5.73 Å². The number of likely N-dealkylation sites (tertiary alicyclic amines) is 1. The van der Waals surface area contributed by atoms with Gasteiger partial charge in [0.15, 0.2) is 5.41 Å². The van der Waals surface area contributed by atoms with E-state index in [2.05, 4.69) is 0 Å². The molecule has 1 unspecified atom stereocenters. The Morgan fingerprint density at radius 2 is 1.71 bits per heavy atom. The van der Waals surface area contributed by atoms with Gasteiger partial charge < -0.3 is 10.6 Å². The molecule has 3 nitrogen and oxygen atoms in total. The zero-order chi connectivity index (χ0) is 15.8. The lowest BCUT2D eigenvalue weighted by atomic mass is 9.85. The Morgan fingerprint density at radius 1 is 1.24 bits per heavy atom. The van der Waals surface area contributed by atoms with Gasteiger partial charge in [-0.25, -0.2) is 0 Å². The summed E-state index contributed by atoms with van der Waals surface area (Å²) in [6.45, 7) is -0.279. The Morgan fingerprint density at radius 3 is 2.05 bits per heavy atom. The maximum atomic E-state index is 12.8. The number of hydrogen-bond donors (Lipinski definition) is 1. The summed E-state index contributed by atoms with van der Waals surface area (Å²) in [4.78, 5) is 12.3. The summed E-state index contributed by atoms with van der Waals surface area (Å²) < 4.78 is 76.9. The molecule has 0 aromatic heterocycles. The molecule has 1 aliphatic heterocycles. The van der Waals surface area contributed by atoms with Crippen molar-refractivity contribution in [3.05, 3.63) is 0 Å². The summed E-state index contributed by atoms with van der Waals surface area (Å²) in [5, 5.41) is 0. The van der Waals surface area contributed by atoms with Crippen LogP contribution in [0.4, 0.5) is 26.3 Å². The molecule has 2 N–H and O–H groups in total. The first-order valence-corrected chi connectivity index (χ1v) is 6.14. The fraction of sp³-hybridized carbons (Fsp3) is 0.909. The number of alkyl halides is 6. The molecule has 0 bridgehead atoms. The van der Waals surface area contributed by atoms with Gasteiger partial charge in [0.25, 0.3) is 0 Å². The van der Waals surface area contributed by atoms with Crippen LogP contribution >= 0.6 is 12.4 Å². The minimum absolute atomic E-state index is 0. The fourth-order valence-electron chi connectivity index (χ4n) is 2.29. The third-order valence-corrected chi connectivity index (χ3v) is 3.58. The Hall–Kier alpha value is -0.700. The molecular formula is C11H17ClF6N2O. The van der Waals surface area contributed by atoms with Gasteiger partial charge in [0.05, 0.1) is 6.04 Å². The molecule has 0 saturated carbocycles. The highest BCUT2D eigenvalue weighted by atomic mass is 35.5. The first-order valence-electron chi connectivity index (χ1n) is 6.14. The van der Waals surface area contributed by atoms with Gasteiger partial charge in [-0.15, -0.1) is 12.4 Å². The third kappa shape index (κ3) is 3.74. The topological polar surface area (TPSA) is 46.3 Å². The van der Waals surface area contributed by atoms with E-state index in [-0.39, 0.29) is 18.8 Å². The van der Waals surface area contributed by atoms with E-state index in [9.17, 15) is 31.1 Å². The van der Waals surface area contributed by atoms with Crippen LogP contribution in [0.3, 0.4) is 0 Å². The van der Waals surface area contributed by atoms with Crippen molar-refractivity contribution < 1.29 is 31.1 Å². The highest BCUT2D eigenvalue weighted by Gasteiger charge is 2.72. The van der Waals surface area contributed by atoms with Gasteiger partial charge in [-0.05, 0) is 12.8 Å². The molecule has 126 valence electrons. The molecule has 10 heteroatoms. The number of amides is 1. The Balaban J connectivity index is 0.00000400. The van der Waals surface area contributed by atoms with Crippen LogP contribution in [-0.2, 0) is 4.79 Å². The Kier molecular flexibility index (Phi) is 6.38. The Labute approximate surface area is 124 Å². The van der Waals surface area contributed by atoms with E-state index in [1.807, 2.05) is 0 Å². The number of carbonyl (C=O) groups excluding carboxylic acids is 1. The number of nitrogens with two attached hydrogens (primary N) is 1. The highest BCUT2D eigenvalue weighted by molar-refractivity contribution is 5.85. The maximum Gasteiger partial charge on any atom is 0.404 e. The molecule has 0 spiro atoms. The maximum absolute atomic E-state index is 12.8. The smallest absolute Gasteiger partial charge is 0.340 e. The number of halogens is 7. The molecule has 0 aromatic rings. The zero-order valence-corrected chi connectivity index (χ0v) is 12.0. The molecule has 1 atom stereocenters. The van der Waals surface area contributed by atoms with E-state index in [1.54, 1.807) is 6.92 Å². The van der Waals surface area contributed by atoms with Gasteiger partial charge in [-0.1, -0.05) is 13.3 Å². The van der Waals surface area contributed by atoms with Crippen molar-refractivity contribution in [3.63, 3.8) is 0 Å². The van der Waals surface area contributed by atoms with E-state index in [0.717, 1.165) is 0 Å². The minimum Gasteiger partial charge on any atom is -0.340 e. The van der Waals surface area contributed by atoms with E-state index in [1.165, 1.54) is 0 Å². The van der Waals surface area contributed by atoms with Crippen LogP contribution in [0.25, 0.3) is 0 Å². The highest BCUT2D eigenvalue weighted by Crippen LogP contribution is 2.55. The molecular weight excluding hydrogens is 326 g/mol. The van der Waals surface area contributed by atoms with Gasteiger partial charge in [0.1, 0.15) is 0 Å². The summed E-state index contributed by atoms with van der Waals surface area (Å²) in [6.07, 6.45) is -11.3. The fourth-order valence-corrected chi connectivity index (χ4v) is 2.29. The quantitative estimate of drug-likeness (QED) is 0.802. The Bertz CT molecular complexity index is 357. The number of nitrogens with zero attached hydrogens (tertiary/aromatic N) is 1. The second kappa shape index (κ2) is 6.60. The van der Waals surface area contributed by atoms with Crippen LogP contribution in [0, 0.1) is 5.41 Å². The molecule has 0 radical (unpaired) electrons. The SMILES string of the molecule is CCCC(N)C(=O)N1CCC(C(F)(F)F)(C(F)(F)F)C1.Cl. The third-order valence-electron chi connectivity index (χ3n) is 3.58. The molecule has 0 aliphatic carbocycles. The van der Waals surface area contributed by atoms with Crippen molar-refractivity contribution in [2.24, 2.45) is 11.1 Å². The molecule has 1 amide bonds. The summed E-state index contributed by atoms with van der Waals surface area (Å²) in [6, 6.07) is -1.06. The average molecular weight is 343 g/mol. The average Bonchev–Trinajstić information content (AvgIpc) is 2.72. The van der Waals surface area contributed by atoms with E-state index in [4.69, 9.17) is 5.73 Å². The van der Waals surface area contributed by atoms with Crippen LogP contribution in [0.15, 0.2) is 0 Å². The van der Waals surface area contributed by atoms with Crippen LogP contribution in [0.1, 0.15) is 26.2 Å². The molecule has 1 saturated heterocycles. The van der Waals surface area contributed by atoms with Gasteiger partial charge in [0.2, 0.25) is 5.91 Å². The monoisotopic (exact) mass is 342 g/mol. The van der Waals surface area contributed by atoms with Gasteiger partial charge >= 0.3 is 12.4 Å². The standard InChI is InChI=1S/C11H16F6N2O.ClH/c1-2-3-7(18)8(20)19-5-4-9(6-19,10(12,13)14)11(15,16)17;/h7H,2-6,18H2,1H3;1H. The number of rotatable bonds is 3. The lowest BCUT2D eigenvalue weighted by Crippen LogP contribution is -2.53. The number of carbonyl (C=O) groups is 1. The van der Waals surface area contributed by atoms with E-state index >= 15 is 0 Å². The molecule has 1 aliphatic rings. The minimum atomic E-state index is -5.45. The molecule has 21 heavy (non-hydrogen) atoms. The van der Waals surface area contributed by atoms with Crippen molar-refractivity contribution in [3.8, 4) is 0 Å². The largest absolute Gasteiger partial charge is 0.404 e. The summed E-state index contributed by atoms with van der Waals surface area (Å²) in [5.74, 6) is -0.859. The molecule has 1 fully saturated rings. The van der Waals surface area contributed by atoms with Crippen molar-refractivity contribution in [2.75, 3.05) is 13.1 Å².